The molecule has 0 spiro atoms. The van der Waals surface area contributed by atoms with Crippen LogP contribution in [0.4, 0.5) is 0 Å². The number of nitrogens with two attached hydrogens (primary N) is 1. The quantitative estimate of drug-likeness (QED) is 0.644. The molecule has 0 saturated heterocycles. The van der Waals surface area contributed by atoms with Crippen LogP contribution in [-0.2, 0) is 4.79 Å². The molecule has 0 fully saturated rings. The van der Waals surface area contributed by atoms with Gasteiger partial charge in [-0.15, -0.1) is 0 Å². The summed E-state index contributed by atoms with van der Waals surface area (Å²) in [6.07, 6.45) is 2.02. The summed E-state index contributed by atoms with van der Waals surface area (Å²) in [4.78, 5) is 10.4. The van der Waals surface area contributed by atoms with Crippen molar-refractivity contribution >= 4 is 6.29 Å². The van der Waals surface area contributed by atoms with Crippen LogP contribution in [0, 0.1) is 11.3 Å². The van der Waals surface area contributed by atoms with Crippen LogP contribution < -0.4 is 5.73 Å². The average Bonchev–Trinajstić information content (AvgIpc) is 1.90. The molecule has 0 aliphatic rings. The molecule has 0 aromatic carbocycles. The lowest BCUT2D eigenvalue weighted by Gasteiger charge is -2.18. The molecular formula is C9H23NO. The van der Waals surface area contributed by atoms with Crippen molar-refractivity contribution in [1.82, 2.24) is 0 Å². The van der Waals surface area contributed by atoms with Gasteiger partial charge in [0, 0.05) is 6.84 Å². The molecule has 0 radical (unpaired) electrons. The average molecular weight is 161 g/mol. The second kappa shape index (κ2) is 6.35. The summed E-state index contributed by atoms with van der Waals surface area (Å²) in [6, 6.07) is 0. The molecule has 0 amide bonds. The van der Waals surface area contributed by atoms with Crippen LogP contribution in [0.5, 0.6) is 0 Å². The largest absolute Gasteiger partial charge is 0.333 e. The molecule has 11 heavy (non-hydrogen) atoms. The molecule has 2 nitrogen and oxygen atoms in total. The fourth-order valence-corrected chi connectivity index (χ4v) is 1.10. The molecule has 2 N–H and O–H groups in total. The predicted octanol–water partition coefficient (Wildman–Crippen LogP) is 2.08. The minimum atomic E-state index is -0.117. The van der Waals surface area contributed by atoms with Crippen LogP contribution in [0.25, 0.3) is 0 Å². The van der Waals surface area contributed by atoms with Gasteiger partial charge in [0.05, 0.1) is 0 Å². The molecule has 0 aliphatic carbocycles. The van der Waals surface area contributed by atoms with E-state index in [2.05, 4.69) is 19.6 Å². The Hall–Kier alpha value is -0.370. The Kier molecular flexibility index (Phi) is 7.64. The molecule has 0 aromatic rings. The summed E-state index contributed by atoms with van der Waals surface area (Å²) in [7, 11) is 1.50. The van der Waals surface area contributed by atoms with Crippen molar-refractivity contribution in [3.05, 3.63) is 0 Å². The number of hydrogen-bond donors (Lipinski definition) is 1. The number of rotatable bonds is 3. The fraction of sp³-hybridized carbons (Fsp3) is 0.889. The van der Waals surface area contributed by atoms with Crippen LogP contribution in [0.15, 0.2) is 0 Å². The summed E-state index contributed by atoms with van der Waals surface area (Å²) in [5.41, 5.74) is 4.38. The molecule has 0 atom stereocenters. The van der Waals surface area contributed by atoms with Gasteiger partial charge < -0.3 is 10.5 Å². The smallest absolute Gasteiger partial charge is 0.125 e. The van der Waals surface area contributed by atoms with Gasteiger partial charge in [0.25, 0.3) is 0 Å². The highest BCUT2D eigenvalue weighted by Gasteiger charge is 2.17. The molecule has 70 valence electrons. The van der Waals surface area contributed by atoms with E-state index in [1.54, 1.807) is 0 Å². The van der Waals surface area contributed by atoms with Crippen LogP contribution >= 0.6 is 0 Å². The molecular weight excluding hydrogens is 138 g/mol. The van der Waals surface area contributed by atoms with Gasteiger partial charge in [-0.1, -0.05) is 27.7 Å². The van der Waals surface area contributed by atoms with Crippen molar-refractivity contribution in [2.24, 2.45) is 17.1 Å². The molecule has 2 heteroatoms. The number of hydrogen-bond acceptors (Lipinski definition) is 2. The van der Waals surface area contributed by atoms with Gasteiger partial charge in [-0.3, -0.25) is 0 Å². The maximum Gasteiger partial charge on any atom is 0.125 e. The highest BCUT2D eigenvalue weighted by Crippen LogP contribution is 2.21. The van der Waals surface area contributed by atoms with E-state index < -0.39 is 0 Å². The van der Waals surface area contributed by atoms with E-state index in [1.807, 2.05) is 13.8 Å². The van der Waals surface area contributed by atoms with Gasteiger partial charge >= 0.3 is 0 Å². The fourth-order valence-electron chi connectivity index (χ4n) is 1.10. The maximum atomic E-state index is 10.4. The standard InChI is InChI=1S/C8H16O.CH5N.H2/c1-7(2)5-8(3,4)6-9;1-2;/h6-7H,5H2,1-4H3;2H2,1H3;1H. The SMILES string of the molecule is CC(C)CC(C)(C)C=O.CN.[HH]. The van der Waals surface area contributed by atoms with Gasteiger partial charge in [-0.25, -0.2) is 0 Å². The summed E-state index contributed by atoms with van der Waals surface area (Å²) in [5.74, 6) is 0.616. The van der Waals surface area contributed by atoms with E-state index in [4.69, 9.17) is 0 Å². The van der Waals surface area contributed by atoms with Gasteiger partial charge in [0.15, 0.2) is 0 Å². The van der Waals surface area contributed by atoms with Gasteiger partial charge in [0.1, 0.15) is 6.29 Å². The van der Waals surface area contributed by atoms with Crippen LogP contribution in [0.3, 0.4) is 0 Å². The minimum absolute atomic E-state index is 0. The van der Waals surface area contributed by atoms with E-state index in [-0.39, 0.29) is 6.84 Å². The van der Waals surface area contributed by atoms with Gasteiger partial charge in [0.2, 0.25) is 0 Å². The van der Waals surface area contributed by atoms with E-state index >= 15 is 0 Å². The zero-order chi connectivity index (χ0) is 9.49. The topological polar surface area (TPSA) is 43.1 Å². The molecule has 0 unspecified atom stereocenters. The van der Waals surface area contributed by atoms with Crippen molar-refractivity contribution in [3.63, 3.8) is 0 Å². The third kappa shape index (κ3) is 9.63. The van der Waals surface area contributed by atoms with Gasteiger partial charge in [-0.2, -0.15) is 0 Å². The third-order valence-corrected chi connectivity index (χ3v) is 1.25. The second-order valence-corrected chi connectivity index (χ2v) is 3.70. The molecule has 0 aromatic heterocycles. The van der Waals surface area contributed by atoms with Crippen molar-refractivity contribution in [2.45, 2.75) is 34.1 Å². The maximum absolute atomic E-state index is 10.4. The van der Waals surface area contributed by atoms with Crippen LogP contribution in [-0.4, -0.2) is 13.3 Å². The zero-order valence-corrected chi connectivity index (χ0v) is 8.35. The Morgan fingerprint density at radius 3 is 1.91 bits per heavy atom. The Morgan fingerprint density at radius 1 is 1.45 bits per heavy atom. The first kappa shape index (κ1) is 13.2. The molecule has 0 rings (SSSR count). The number of carbonyl (C=O) groups is 1. The predicted molar refractivity (Wildman–Crippen MR) is 51.5 cm³/mol. The minimum Gasteiger partial charge on any atom is -0.333 e. The van der Waals surface area contributed by atoms with E-state index in [9.17, 15) is 4.79 Å². The molecule has 0 saturated carbocycles. The van der Waals surface area contributed by atoms with Crippen molar-refractivity contribution in [2.75, 3.05) is 7.05 Å². The third-order valence-electron chi connectivity index (χ3n) is 1.25. The first-order valence-electron chi connectivity index (χ1n) is 4.02. The second-order valence-electron chi connectivity index (χ2n) is 3.70. The van der Waals surface area contributed by atoms with Gasteiger partial charge in [-0.05, 0) is 19.4 Å². The molecule has 0 aliphatic heterocycles. The summed E-state index contributed by atoms with van der Waals surface area (Å²) >= 11 is 0. The first-order chi connectivity index (χ1) is 4.98. The van der Waals surface area contributed by atoms with E-state index in [0.29, 0.717) is 5.92 Å². The lowest BCUT2D eigenvalue weighted by atomic mass is 9.86. The molecule has 0 bridgehead atoms. The Labute approximate surface area is 71.7 Å². The number of carbonyl (C=O) groups excluding carboxylic acids is 1. The normalized spacial score (nSPS) is 10.5. The first-order valence-corrected chi connectivity index (χ1v) is 4.02. The van der Waals surface area contributed by atoms with Crippen molar-refractivity contribution in [1.29, 1.82) is 0 Å². The van der Waals surface area contributed by atoms with E-state index in [1.165, 1.54) is 7.05 Å². The van der Waals surface area contributed by atoms with Crippen molar-refractivity contribution < 1.29 is 6.22 Å². The zero-order valence-electron chi connectivity index (χ0n) is 8.35. The highest BCUT2D eigenvalue weighted by atomic mass is 16.1. The Morgan fingerprint density at radius 2 is 1.82 bits per heavy atom. The highest BCUT2D eigenvalue weighted by molar-refractivity contribution is 5.57. The lowest BCUT2D eigenvalue weighted by molar-refractivity contribution is -0.115. The van der Waals surface area contributed by atoms with E-state index in [0.717, 1.165) is 12.7 Å². The van der Waals surface area contributed by atoms with Crippen LogP contribution in [0.1, 0.15) is 35.5 Å². The van der Waals surface area contributed by atoms with Crippen LogP contribution in [0.2, 0.25) is 0 Å². The molecule has 0 heterocycles. The Balaban J connectivity index is -0.000000249. The summed E-state index contributed by atoms with van der Waals surface area (Å²) < 4.78 is 0. The monoisotopic (exact) mass is 161 g/mol. The lowest BCUT2D eigenvalue weighted by Crippen LogP contribution is -2.15. The summed E-state index contributed by atoms with van der Waals surface area (Å²) in [5, 5.41) is 0. The van der Waals surface area contributed by atoms with Crippen molar-refractivity contribution in [3.8, 4) is 0 Å². The Bertz CT molecular complexity index is 103. The number of aldehydes is 1. The summed E-state index contributed by atoms with van der Waals surface area (Å²) in [6.45, 7) is 8.20.